The fraction of sp³-hybridized carbons (Fsp3) is 0.556. The Bertz CT molecular complexity index is 266. The van der Waals surface area contributed by atoms with E-state index in [-0.39, 0.29) is 0 Å². The summed E-state index contributed by atoms with van der Waals surface area (Å²) in [5, 5.41) is 0.971. The average molecular weight is 197 g/mol. The molecule has 0 bridgehead atoms. The van der Waals surface area contributed by atoms with Crippen molar-refractivity contribution in [2.45, 2.75) is 25.8 Å². The Kier molecular flexibility index (Phi) is 3.54. The molecule has 0 radical (unpaired) electrons. The van der Waals surface area contributed by atoms with Gasteiger partial charge in [0.05, 0.1) is 0 Å². The van der Waals surface area contributed by atoms with E-state index in [0.717, 1.165) is 16.5 Å². The first-order valence-corrected chi connectivity index (χ1v) is 5.30. The van der Waals surface area contributed by atoms with Crippen LogP contribution in [-0.2, 0) is 0 Å². The number of aryl methyl sites for hydroxylation is 1. The van der Waals surface area contributed by atoms with Gasteiger partial charge in [0.1, 0.15) is 5.03 Å². The van der Waals surface area contributed by atoms with Gasteiger partial charge in [-0.3, -0.25) is 0 Å². The first-order chi connectivity index (χ1) is 6.08. The van der Waals surface area contributed by atoms with Crippen molar-refractivity contribution in [2.24, 2.45) is 5.92 Å². The normalized spacial score (nSPS) is 10.8. The summed E-state index contributed by atoms with van der Waals surface area (Å²) in [4.78, 5) is 8.15. The third-order valence-corrected chi connectivity index (χ3v) is 2.75. The van der Waals surface area contributed by atoms with Crippen molar-refractivity contribution in [2.75, 3.05) is 11.5 Å². The number of nitrogen functional groups attached to an aromatic ring is 1. The third-order valence-electron chi connectivity index (χ3n) is 1.41. The summed E-state index contributed by atoms with van der Waals surface area (Å²) >= 11 is 1.73. The van der Waals surface area contributed by atoms with E-state index >= 15 is 0 Å². The van der Waals surface area contributed by atoms with E-state index in [1.807, 2.05) is 13.0 Å². The van der Waals surface area contributed by atoms with Crippen LogP contribution in [0.2, 0.25) is 0 Å². The summed E-state index contributed by atoms with van der Waals surface area (Å²) in [6.45, 7) is 6.30. The van der Waals surface area contributed by atoms with Crippen LogP contribution >= 0.6 is 11.8 Å². The molecule has 0 saturated heterocycles. The summed E-state index contributed by atoms with van der Waals surface area (Å²) in [7, 11) is 0. The Balaban J connectivity index is 2.66. The Hall–Kier alpha value is -0.770. The van der Waals surface area contributed by atoms with Crippen LogP contribution in [0.25, 0.3) is 0 Å². The lowest BCUT2D eigenvalue weighted by Crippen LogP contribution is -1.99. The number of hydrogen-bond donors (Lipinski definition) is 1. The molecule has 1 aromatic heterocycles. The van der Waals surface area contributed by atoms with Gasteiger partial charge in [-0.05, 0) is 18.9 Å². The number of thioether (sulfide) groups is 1. The van der Waals surface area contributed by atoms with Crippen molar-refractivity contribution < 1.29 is 0 Å². The van der Waals surface area contributed by atoms with E-state index in [0.29, 0.717) is 11.9 Å². The first kappa shape index (κ1) is 10.3. The molecule has 0 saturated carbocycles. The van der Waals surface area contributed by atoms with E-state index in [1.165, 1.54) is 0 Å². The molecule has 1 rings (SSSR count). The van der Waals surface area contributed by atoms with Gasteiger partial charge in [-0.2, -0.15) is 0 Å². The monoisotopic (exact) mass is 197 g/mol. The predicted octanol–water partition coefficient (Wildman–Crippen LogP) is 2.12. The highest BCUT2D eigenvalue weighted by Crippen LogP contribution is 2.19. The Labute approximate surface area is 83.2 Å². The second-order valence-corrected chi connectivity index (χ2v) is 4.45. The van der Waals surface area contributed by atoms with Crippen molar-refractivity contribution in [3.63, 3.8) is 0 Å². The molecule has 0 fully saturated rings. The smallest absolute Gasteiger partial charge is 0.221 e. The highest BCUT2D eigenvalue weighted by Gasteiger charge is 2.01. The van der Waals surface area contributed by atoms with Gasteiger partial charge in [0.2, 0.25) is 5.95 Å². The minimum absolute atomic E-state index is 0.367. The van der Waals surface area contributed by atoms with Crippen LogP contribution in [-0.4, -0.2) is 15.7 Å². The fourth-order valence-corrected chi connectivity index (χ4v) is 1.80. The van der Waals surface area contributed by atoms with Gasteiger partial charge >= 0.3 is 0 Å². The molecule has 1 heterocycles. The lowest BCUT2D eigenvalue weighted by Gasteiger charge is -2.04. The molecular weight excluding hydrogens is 182 g/mol. The molecule has 1 aromatic rings. The first-order valence-electron chi connectivity index (χ1n) is 4.32. The molecule has 2 N–H and O–H groups in total. The van der Waals surface area contributed by atoms with Crippen LogP contribution in [0.4, 0.5) is 5.95 Å². The van der Waals surface area contributed by atoms with Gasteiger partial charge in [-0.15, -0.1) is 11.8 Å². The summed E-state index contributed by atoms with van der Waals surface area (Å²) in [6.07, 6.45) is 0. The summed E-state index contributed by atoms with van der Waals surface area (Å²) < 4.78 is 0. The SMILES string of the molecule is Cc1cc(SCC(C)C)nc(N)n1. The number of nitrogens with two attached hydrogens (primary N) is 1. The maximum atomic E-state index is 5.53. The molecule has 0 spiro atoms. The molecule has 72 valence electrons. The highest BCUT2D eigenvalue weighted by molar-refractivity contribution is 7.99. The third kappa shape index (κ3) is 3.63. The molecule has 13 heavy (non-hydrogen) atoms. The molecular formula is C9H15N3S. The van der Waals surface area contributed by atoms with Gasteiger partial charge in [0.15, 0.2) is 0 Å². The van der Waals surface area contributed by atoms with E-state index in [4.69, 9.17) is 5.73 Å². The van der Waals surface area contributed by atoms with Crippen LogP contribution in [0.5, 0.6) is 0 Å². The van der Waals surface area contributed by atoms with Crippen LogP contribution in [0.3, 0.4) is 0 Å². The maximum Gasteiger partial charge on any atom is 0.221 e. The van der Waals surface area contributed by atoms with Gasteiger partial charge in [0, 0.05) is 11.4 Å². The fourth-order valence-electron chi connectivity index (χ4n) is 0.888. The summed E-state index contributed by atoms with van der Waals surface area (Å²) in [5.74, 6) is 2.10. The summed E-state index contributed by atoms with van der Waals surface area (Å²) in [5.41, 5.74) is 6.46. The Morgan fingerprint density at radius 2 is 2.15 bits per heavy atom. The number of aromatic nitrogens is 2. The zero-order chi connectivity index (χ0) is 9.84. The molecule has 0 aliphatic rings. The van der Waals surface area contributed by atoms with Crippen LogP contribution in [0.1, 0.15) is 19.5 Å². The van der Waals surface area contributed by atoms with Gasteiger partial charge in [-0.1, -0.05) is 13.8 Å². The Morgan fingerprint density at radius 1 is 1.46 bits per heavy atom. The molecule has 0 unspecified atom stereocenters. The maximum absolute atomic E-state index is 5.53. The highest BCUT2D eigenvalue weighted by atomic mass is 32.2. The predicted molar refractivity (Wildman–Crippen MR) is 56.7 cm³/mol. The molecule has 0 amide bonds. The number of rotatable bonds is 3. The van der Waals surface area contributed by atoms with E-state index in [1.54, 1.807) is 11.8 Å². The van der Waals surface area contributed by atoms with Gasteiger partial charge in [-0.25, -0.2) is 9.97 Å². The van der Waals surface area contributed by atoms with Gasteiger partial charge in [0.25, 0.3) is 0 Å². The van der Waals surface area contributed by atoms with Crippen molar-refractivity contribution >= 4 is 17.7 Å². The molecule has 0 aliphatic carbocycles. The molecule has 0 atom stereocenters. The lowest BCUT2D eigenvalue weighted by molar-refractivity contribution is 0.749. The number of nitrogens with zero attached hydrogens (tertiary/aromatic N) is 2. The second kappa shape index (κ2) is 4.46. The number of hydrogen-bond acceptors (Lipinski definition) is 4. The van der Waals surface area contributed by atoms with Crippen molar-refractivity contribution in [1.29, 1.82) is 0 Å². The largest absolute Gasteiger partial charge is 0.368 e. The van der Waals surface area contributed by atoms with Crippen molar-refractivity contribution in [1.82, 2.24) is 9.97 Å². The zero-order valence-electron chi connectivity index (χ0n) is 8.24. The topological polar surface area (TPSA) is 51.8 Å². The molecule has 3 nitrogen and oxygen atoms in total. The lowest BCUT2D eigenvalue weighted by atomic mass is 10.3. The van der Waals surface area contributed by atoms with E-state index in [9.17, 15) is 0 Å². The average Bonchev–Trinajstić information content (AvgIpc) is 1.99. The standard InChI is InChI=1S/C9H15N3S/c1-6(2)5-13-8-4-7(3)11-9(10)12-8/h4,6H,5H2,1-3H3,(H2,10,11,12). The minimum Gasteiger partial charge on any atom is -0.368 e. The molecule has 0 aromatic carbocycles. The van der Waals surface area contributed by atoms with Crippen molar-refractivity contribution in [3.05, 3.63) is 11.8 Å². The van der Waals surface area contributed by atoms with Gasteiger partial charge < -0.3 is 5.73 Å². The van der Waals surface area contributed by atoms with Crippen molar-refractivity contribution in [3.8, 4) is 0 Å². The van der Waals surface area contributed by atoms with E-state index < -0.39 is 0 Å². The molecule has 0 aliphatic heterocycles. The van der Waals surface area contributed by atoms with Crippen LogP contribution in [0.15, 0.2) is 11.1 Å². The van der Waals surface area contributed by atoms with Crippen LogP contribution in [0, 0.1) is 12.8 Å². The van der Waals surface area contributed by atoms with Crippen LogP contribution < -0.4 is 5.73 Å². The summed E-state index contributed by atoms with van der Waals surface area (Å²) in [6, 6.07) is 1.96. The number of anilines is 1. The Morgan fingerprint density at radius 3 is 2.69 bits per heavy atom. The quantitative estimate of drug-likeness (QED) is 0.595. The molecule has 4 heteroatoms. The second-order valence-electron chi connectivity index (χ2n) is 3.41. The van der Waals surface area contributed by atoms with E-state index in [2.05, 4.69) is 23.8 Å². The minimum atomic E-state index is 0.367. The zero-order valence-corrected chi connectivity index (χ0v) is 9.06.